The first-order valence-corrected chi connectivity index (χ1v) is 8.85. The highest BCUT2D eigenvalue weighted by molar-refractivity contribution is 5.97. The van der Waals surface area contributed by atoms with E-state index >= 15 is 0 Å². The van der Waals surface area contributed by atoms with Gasteiger partial charge in [-0.25, -0.2) is 0 Å². The van der Waals surface area contributed by atoms with E-state index in [9.17, 15) is 4.79 Å². The van der Waals surface area contributed by atoms with E-state index in [-0.39, 0.29) is 11.9 Å². The zero-order valence-electron chi connectivity index (χ0n) is 14.8. The summed E-state index contributed by atoms with van der Waals surface area (Å²) in [7, 11) is 3.57. The van der Waals surface area contributed by atoms with Crippen LogP contribution in [0, 0.1) is 0 Å². The monoisotopic (exact) mass is 340 g/mol. The molecule has 0 N–H and O–H groups in total. The topological polar surface area (TPSA) is 50.6 Å². The van der Waals surface area contributed by atoms with E-state index in [2.05, 4.69) is 22.1 Å². The summed E-state index contributed by atoms with van der Waals surface area (Å²) in [4.78, 5) is 17.3. The number of piperidine rings is 1. The molecular formula is C19H24N4O2. The predicted molar refractivity (Wildman–Crippen MR) is 95.7 cm³/mol. The second kappa shape index (κ2) is 6.52. The molecule has 1 aromatic carbocycles. The van der Waals surface area contributed by atoms with E-state index < -0.39 is 0 Å². The lowest BCUT2D eigenvalue weighted by Gasteiger charge is -2.40. The summed E-state index contributed by atoms with van der Waals surface area (Å²) < 4.78 is 7.10. The molecule has 2 aromatic rings. The Kier molecular flexibility index (Phi) is 4.21. The molecule has 6 nitrogen and oxygen atoms in total. The molecule has 0 bridgehead atoms. The smallest absolute Gasteiger partial charge is 0.244 e. The van der Waals surface area contributed by atoms with Crippen LogP contribution in [0.3, 0.4) is 0 Å². The van der Waals surface area contributed by atoms with E-state index in [1.165, 1.54) is 11.1 Å². The molecule has 132 valence electrons. The molecular weight excluding hydrogens is 316 g/mol. The minimum atomic E-state index is -0.0479. The van der Waals surface area contributed by atoms with Crippen molar-refractivity contribution in [3.8, 4) is 5.75 Å². The molecule has 0 spiro atoms. The van der Waals surface area contributed by atoms with Crippen molar-refractivity contribution >= 4 is 11.6 Å². The van der Waals surface area contributed by atoms with Crippen LogP contribution in [0.15, 0.2) is 30.6 Å². The molecule has 2 aliphatic rings. The Morgan fingerprint density at radius 1 is 1.24 bits per heavy atom. The maximum Gasteiger partial charge on any atom is 0.244 e. The number of benzene rings is 1. The van der Waals surface area contributed by atoms with Crippen LogP contribution in [-0.4, -0.2) is 46.8 Å². The molecule has 0 radical (unpaired) electrons. The highest BCUT2D eigenvalue weighted by Crippen LogP contribution is 2.29. The van der Waals surface area contributed by atoms with Crippen molar-refractivity contribution in [2.24, 2.45) is 7.05 Å². The highest BCUT2D eigenvalue weighted by atomic mass is 16.5. The van der Waals surface area contributed by atoms with Gasteiger partial charge in [-0.15, -0.1) is 0 Å². The lowest BCUT2D eigenvalue weighted by Crippen LogP contribution is -2.53. The molecule has 0 saturated carbocycles. The Labute approximate surface area is 148 Å². The van der Waals surface area contributed by atoms with Crippen LogP contribution < -0.4 is 9.64 Å². The third-order valence-corrected chi connectivity index (χ3v) is 5.31. The molecule has 1 atom stereocenters. The third kappa shape index (κ3) is 3.02. The third-order valence-electron chi connectivity index (χ3n) is 5.31. The number of methoxy groups -OCH3 is 1. The Bertz CT molecular complexity index is 785. The van der Waals surface area contributed by atoms with E-state index in [0.29, 0.717) is 0 Å². The van der Waals surface area contributed by atoms with E-state index in [1.807, 2.05) is 24.2 Å². The quantitative estimate of drug-likeness (QED) is 0.857. The van der Waals surface area contributed by atoms with Crippen molar-refractivity contribution in [1.82, 2.24) is 14.7 Å². The second-order valence-corrected chi connectivity index (χ2v) is 6.88. The first-order valence-electron chi connectivity index (χ1n) is 8.85. The van der Waals surface area contributed by atoms with Crippen LogP contribution in [0.2, 0.25) is 0 Å². The Morgan fingerprint density at radius 3 is 2.88 bits per heavy atom. The Morgan fingerprint density at radius 2 is 2.12 bits per heavy atom. The van der Waals surface area contributed by atoms with Gasteiger partial charge < -0.3 is 9.64 Å². The van der Waals surface area contributed by atoms with Gasteiger partial charge in [-0.1, -0.05) is 6.07 Å². The van der Waals surface area contributed by atoms with Gasteiger partial charge in [0.05, 0.1) is 25.0 Å². The van der Waals surface area contributed by atoms with Crippen molar-refractivity contribution in [2.45, 2.75) is 31.8 Å². The summed E-state index contributed by atoms with van der Waals surface area (Å²) in [5.41, 5.74) is 3.54. The predicted octanol–water partition coefficient (Wildman–Crippen LogP) is 1.98. The molecule has 0 aliphatic carbocycles. The molecule has 2 aliphatic heterocycles. The van der Waals surface area contributed by atoms with Crippen LogP contribution in [0.1, 0.15) is 24.0 Å². The van der Waals surface area contributed by atoms with Gasteiger partial charge in [-0.3, -0.25) is 14.4 Å². The molecule has 25 heavy (non-hydrogen) atoms. The summed E-state index contributed by atoms with van der Waals surface area (Å²) in [6, 6.07) is 6.22. The van der Waals surface area contributed by atoms with Gasteiger partial charge in [0, 0.05) is 32.9 Å². The SMILES string of the molecule is COc1ccc2c(c1)CN(C1CCCN(c3cnn(C)c3)C1=O)CC2. The maximum absolute atomic E-state index is 13.1. The van der Waals surface area contributed by atoms with Crippen molar-refractivity contribution < 1.29 is 9.53 Å². The number of anilines is 1. The largest absolute Gasteiger partial charge is 0.497 e. The number of carbonyl (C=O) groups excluding carboxylic acids is 1. The number of aromatic nitrogens is 2. The lowest BCUT2D eigenvalue weighted by atomic mass is 9.95. The highest BCUT2D eigenvalue weighted by Gasteiger charge is 2.35. The second-order valence-electron chi connectivity index (χ2n) is 6.88. The minimum absolute atomic E-state index is 0.0479. The fraction of sp³-hybridized carbons (Fsp3) is 0.474. The summed E-state index contributed by atoms with van der Waals surface area (Å²) in [6.07, 6.45) is 6.62. The van der Waals surface area contributed by atoms with Crippen LogP contribution in [0.25, 0.3) is 0 Å². The average Bonchev–Trinajstić information content (AvgIpc) is 3.07. The Hall–Kier alpha value is -2.34. The number of carbonyl (C=O) groups is 1. The number of rotatable bonds is 3. The molecule has 1 fully saturated rings. The summed E-state index contributed by atoms with van der Waals surface area (Å²) in [6.45, 7) is 2.51. The number of nitrogens with zero attached hydrogens (tertiary/aromatic N) is 4. The summed E-state index contributed by atoms with van der Waals surface area (Å²) in [5.74, 6) is 1.08. The number of fused-ring (bicyclic) bond motifs is 1. The zero-order valence-corrected chi connectivity index (χ0v) is 14.8. The van der Waals surface area contributed by atoms with Crippen molar-refractivity contribution in [2.75, 3.05) is 25.1 Å². The number of hydrogen-bond donors (Lipinski definition) is 0. The summed E-state index contributed by atoms with van der Waals surface area (Å²) in [5, 5.41) is 4.21. The number of aryl methyl sites for hydroxylation is 1. The molecule has 6 heteroatoms. The van der Waals surface area contributed by atoms with Gasteiger partial charge in [-0.05, 0) is 42.5 Å². The summed E-state index contributed by atoms with van der Waals surface area (Å²) >= 11 is 0. The number of hydrogen-bond acceptors (Lipinski definition) is 4. The van der Waals surface area contributed by atoms with Gasteiger partial charge in [0.2, 0.25) is 5.91 Å². The van der Waals surface area contributed by atoms with Gasteiger partial charge in [-0.2, -0.15) is 5.10 Å². The van der Waals surface area contributed by atoms with Crippen molar-refractivity contribution in [3.63, 3.8) is 0 Å². The molecule has 1 amide bonds. The molecule has 1 unspecified atom stereocenters. The standard InChI is InChI=1S/C19H24N4O2/c1-21-13-16(11-20-21)23-8-3-4-18(19(23)24)22-9-7-14-5-6-17(25-2)10-15(14)12-22/h5-6,10-11,13,18H,3-4,7-9,12H2,1-2H3. The molecule has 4 rings (SSSR count). The van der Waals surface area contributed by atoms with E-state index in [1.54, 1.807) is 18.0 Å². The molecule has 1 saturated heterocycles. The van der Waals surface area contributed by atoms with Gasteiger partial charge in [0.15, 0.2) is 0 Å². The first kappa shape index (κ1) is 16.1. The lowest BCUT2D eigenvalue weighted by molar-refractivity contribution is -0.125. The minimum Gasteiger partial charge on any atom is -0.497 e. The van der Waals surface area contributed by atoms with Crippen LogP contribution in [0.5, 0.6) is 5.75 Å². The van der Waals surface area contributed by atoms with E-state index in [0.717, 1.165) is 50.3 Å². The van der Waals surface area contributed by atoms with E-state index in [4.69, 9.17) is 4.74 Å². The van der Waals surface area contributed by atoms with Gasteiger partial charge in [0.25, 0.3) is 0 Å². The maximum atomic E-state index is 13.1. The average molecular weight is 340 g/mol. The van der Waals surface area contributed by atoms with Crippen molar-refractivity contribution in [3.05, 3.63) is 41.7 Å². The van der Waals surface area contributed by atoms with Crippen LogP contribution in [0.4, 0.5) is 5.69 Å². The van der Waals surface area contributed by atoms with Gasteiger partial charge in [0.1, 0.15) is 5.75 Å². The first-order chi connectivity index (χ1) is 12.2. The molecule has 3 heterocycles. The van der Waals surface area contributed by atoms with Crippen molar-refractivity contribution in [1.29, 1.82) is 0 Å². The Balaban J connectivity index is 1.54. The van der Waals surface area contributed by atoms with Gasteiger partial charge >= 0.3 is 0 Å². The number of amides is 1. The normalized spacial score (nSPS) is 21.3. The fourth-order valence-electron chi connectivity index (χ4n) is 3.95. The zero-order chi connectivity index (χ0) is 17.4. The fourth-order valence-corrected chi connectivity index (χ4v) is 3.95. The number of ether oxygens (including phenoxy) is 1. The van der Waals surface area contributed by atoms with Crippen LogP contribution in [-0.2, 0) is 24.8 Å². The molecule has 1 aromatic heterocycles. The van der Waals surface area contributed by atoms with Crippen LogP contribution >= 0.6 is 0 Å².